The highest BCUT2D eigenvalue weighted by atomic mass is 79.9. The van der Waals surface area contributed by atoms with Crippen molar-refractivity contribution in [1.82, 2.24) is 4.90 Å². The topological polar surface area (TPSA) is 71.4 Å². The van der Waals surface area contributed by atoms with Crippen LogP contribution in [0.15, 0.2) is 27.7 Å². The van der Waals surface area contributed by atoms with Crippen molar-refractivity contribution in [3.8, 4) is 0 Å². The summed E-state index contributed by atoms with van der Waals surface area (Å²) in [6.07, 6.45) is -7.30. The van der Waals surface area contributed by atoms with Crippen LogP contribution in [0.1, 0.15) is 33.3 Å². The monoisotopic (exact) mass is 484 g/mol. The number of carboxylic acid groups (broad SMARTS) is 1. The normalized spacial score (nSPS) is 22.7. The molecule has 1 amide bonds. The summed E-state index contributed by atoms with van der Waals surface area (Å²) in [5, 5.41) is 9.58. The Bertz CT molecular complexity index is 810. The number of hydrogen-bond donors (Lipinski definition) is 1. The van der Waals surface area contributed by atoms with E-state index in [1.807, 2.05) is 0 Å². The fraction of sp³-hybridized carbons (Fsp3) is 0.556. The van der Waals surface area contributed by atoms with Crippen molar-refractivity contribution < 1.29 is 36.9 Å². The van der Waals surface area contributed by atoms with E-state index >= 15 is 0 Å². The van der Waals surface area contributed by atoms with Gasteiger partial charge >= 0.3 is 12.3 Å². The summed E-state index contributed by atoms with van der Waals surface area (Å²) in [5.41, 5.74) is -2.70. The summed E-state index contributed by atoms with van der Waals surface area (Å²) in [6, 6.07) is 3.58. The van der Waals surface area contributed by atoms with Crippen LogP contribution in [-0.2, 0) is 15.0 Å². The van der Waals surface area contributed by atoms with Crippen molar-refractivity contribution in [3.63, 3.8) is 0 Å². The average molecular weight is 485 g/mol. The Balaban J connectivity index is 2.60. The zero-order valence-electron chi connectivity index (χ0n) is 16.2. The Morgan fingerprint density at radius 2 is 2.03 bits per heavy atom. The summed E-state index contributed by atoms with van der Waals surface area (Å²) < 4.78 is 63.6. The van der Waals surface area contributed by atoms with Crippen molar-refractivity contribution in [3.05, 3.63) is 34.1 Å². The Kier molecular flexibility index (Phi) is 6.53. The van der Waals surface area contributed by atoms with Crippen molar-refractivity contribution in [2.45, 2.75) is 51.1 Å². The Labute approximate surface area is 173 Å². The largest absolute Gasteiger partial charge is 0.465 e. The molecule has 0 bridgehead atoms. The molecule has 6 nitrogen and oxygen atoms in total. The predicted molar refractivity (Wildman–Crippen MR) is 100 cm³/mol. The summed E-state index contributed by atoms with van der Waals surface area (Å²) in [5.74, 6) is -0.723. The maximum atomic E-state index is 14.6. The van der Waals surface area contributed by atoms with E-state index in [0.717, 1.165) is 11.0 Å². The number of amidine groups is 1. The molecular formula is C18H21BrF4N2O4. The van der Waals surface area contributed by atoms with Crippen molar-refractivity contribution in [2.75, 3.05) is 13.2 Å². The summed E-state index contributed by atoms with van der Waals surface area (Å²) in [7, 11) is 0. The van der Waals surface area contributed by atoms with Crippen LogP contribution >= 0.6 is 15.9 Å². The van der Waals surface area contributed by atoms with E-state index in [9.17, 15) is 27.5 Å². The van der Waals surface area contributed by atoms with Crippen LogP contribution in [0, 0.1) is 5.82 Å². The molecule has 0 fully saturated rings. The molecule has 0 saturated heterocycles. The van der Waals surface area contributed by atoms with Crippen LogP contribution in [0.2, 0.25) is 0 Å². The van der Waals surface area contributed by atoms with Crippen LogP contribution < -0.4 is 0 Å². The minimum Gasteiger partial charge on any atom is -0.465 e. The molecule has 1 unspecified atom stereocenters. The SMILES string of the molecule is CC(C)(C)N(C(=O)O)C1=N[C@](C)(c2cc(Br)ccc2F)C(OCC(F)(F)F)CO1. The van der Waals surface area contributed by atoms with Gasteiger partial charge in [0.2, 0.25) is 0 Å². The molecule has 1 aliphatic rings. The number of aliphatic imine (C=N–C) groups is 1. The summed E-state index contributed by atoms with van der Waals surface area (Å²) in [4.78, 5) is 16.8. The number of carbonyl (C=O) groups is 1. The lowest BCUT2D eigenvalue weighted by atomic mass is 9.86. The number of amides is 1. The Morgan fingerprint density at radius 1 is 1.41 bits per heavy atom. The standard InChI is InChI=1S/C18H21BrF4N2O4/c1-16(2,3)25(15(26)27)14-24-17(4,11-7-10(19)5-6-12(11)20)13(8-28-14)29-9-18(21,22)23/h5-7,13H,8-9H2,1-4H3,(H,26,27)/t13?,17-/m1/s1. The van der Waals surface area contributed by atoms with E-state index < -0.39 is 48.5 Å². The minimum atomic E-state index is -4.61. The molecule has 0 radical (unpaired) electrons. The zero-order valence-corrected chi connectivity index (χ0v) is 17.8. The third-order valence-electron chi connectivity index (χ3n) is 4.29. The molecule has 1 N–H and O–H groups in total. The van der Waals surface area contributed by atoms with E-state index in [1.165, 1.54) is 19.1 Å². The lowest BCUT2D eigenvalue weighted by Crippen LogP contribution is -2.55. The first-order valence-corrected chi connectivity index (χ1v) is 9.34. The van der Waals surface area contributed by atoms with Crippen molar-refractivity contribution >= 4 is 28.0 Å². The average Bonchev–Trinajstić information content (AvgIpc) is 2.53. The van der Waals surface area contributed by atoms with Gasteiger partial charge < -0.3 is 14.6 Å². The van der Waals surface area contributed by atoms with Crippen LogP contribution in [-0.4, -0.2) is 53.2 Å². The van der Waals surface area contributed by atoms with Gasteiger partial charge in [-0.05, 0) is 45.9 Å². The van der Waals surface area contributed by atoms with Crippen LogP contribution in [0.5, 0.6) is 0 Å². The number of halogens is 5. The molecule has 0 aliphatic carbocycles. The Morgan fingerprint density at radius 3 is 2.55 bits per heavy atom. The van der Waals surface area contributed by atoms with Gasteiger partial charge in [-0.3, -0.25) is 0 Å². The smallest absolute Gasteiger partial charge is 0.415 e. The van der Waals surface area contributed by atoms with E-state index in [1.54, 1.807) is 20.8 Å². The maximum absolute atomic E-state index is 14.6. The third-order valence-corrected chi connectivity index (χ3v) is 4.79. The second-order valence-corrected chi connectivity index (χ2v) is 8.60. The highest BCUT2D eigenvalue weighted by Crippen LogP contribution is 2.39. The summed E-state index contributed by atoms with van der Waals surface area (Å²) >= 11 is 3.21. The first-order chi connectivity index (χ1) is 13.1. The van der Waals surface area contributed by atoms with Crippen LogP contribution in [0.4, 0.5) is 22.4 Å². The fourth-order valence-corrected chi connectivity index (χ4v) is 3.27. The first-order valence-electron chi connectivity index (χ1n) is 8.55. The molecule has 1 aliphatic heterocycles. The van der Waals surface area contributed by atoms with E-state index in [-0.39, 0.29) is 11.6 Å². The number of benzene rings is 1. The molecule has 1 heterocycles. The first kappa shape index (κ1) is 23.4. The van der Waals surface area contributed by atoms with Gasteiger partial charge in [-0.2, -0.15) is 13.2 Å². The summed E-state index contributed by atoms with van der Waals surface area (Å²) in [6.45, 7) is 4.13. The van der Waals surface area contributed by atoms with Crippen LogP contribution in [0.25, 0.3) is 0 Å². The molecule has 1 aromatic rings. The van der Waals surface area contributed by atoms with Gasteiger partial charge in [0.05, 0.1) is 0 Å². The maximum Gasteiger partial charge on any atom is 0.415 e. The van der Waals surface area contributed by atoms with Crippen molar-refractivity contribution in [2.24, 2.45) is 4.99 Å². The zero-order chi connectivity index (χ0) is 22.2. The van der Waals surface area contributed by atoms with Crippen molar-refractivity contribution in [1.29, 1.82) is 0 Å². The highest BCUT2D eigenvalue weighted by molar-refractivity contribution is 9.10. The molecule has 162 valence electrons. The second kappa shape index (κ2) is 8.10. The lowest BCUT2D eigenvalue weighted by Gasteiger charge is -2.42. The molecule has 0 saturated carbocycles. The number of nitrogens with zero attached hydrogens (tertiary/aromatic N) is 2. The second-order valence-electron chi connectivity index (χ2n) is 7.68. The van der Waals surface area contributed by atoms with Gasteiger partial charge in [-0.25, -0.2) is 19.1 Å². The molecule has 1 aromatic carbocycles. The molecular weight excluding hydrogens is 464 g/mol. The van der Waals surface area contributed by atoms with E-state index in [2.05, 4.69) is 20.9 Å². The van der Waals surface area contributed by atoms with Gasteiger partial charge in [-0.1, -0.05) is 15.9 Å². The van der Waals surface area contributed by atoms with Gasteiger partial charge in [-0.15, -0.1) is 0 Å². The number of rotatable bonds is 3. The number of ether oxygens (including phenoxy) is 2. The lowest BCUT2D eigenvalue weighted by molar-refractivity contribution is -0.197. The van der Waals surface area contributed by atoms with Gasteiger partial charge in [0, 0.05) is 15.6 Å². The molecule has 2 atom stereocenters. The highest BCUT2D eigenvalue weighted by Gasteiger charge is 2.47. The number of hydrogen-bond acceptors (Lipinski definition) is 4. The van der Waals surface area contributed by atoms with Crippen LogP contribution in [0.3, 0.4) is 0 Å². The fourth-order valence-electron chi connectivity index (χ4n) is 2.91. The molecule has 0 spiro atoms. The Hall–Kier alpha value is -1.88. The molecule has 2 rings (SSSR count). The molecule has 0 aromatic heterocycles. The quantitative estimate of drug-likeness (QED) is 0.618. The van der Waals surface area contributed by atoms with Gasteiger partial charge in [0.25, 0.3) is 6.02 Å². The predicted octanol–water partition coefficient (Wildman–Crippen LogP) is 4.92. The van der Waals surface area contributed by atoms with Gasteiger partial charge in [0.15, 0.2) is 0 Å². The minimum absolute atomic E-state index is 0.0564. The van der Waals surface area contributed by atoms with E-state index in [0.29, 0.717) is 4.47 Å². The molecule has 29 heavy (non-hydrogen) atoms. The molecule has 11 heteroatoms. The number of alkyl halides is 3. The van der Waals surface area contributed by atoms with Gasteiger partial charge in [0.1, 0.15) is 30.7 Å². The third kappa shape index (κ3) is 5.39. The van der Waals surface area contributed by atoms with E-state index in [4.69, 9.17) is 9.47 Å².